The summed E-state index contributed by atoms with van der Waals surface area (Å²) in [6, 6.07) is 15.6. The average molecular weight is 285 g/mol. The Bertz CT molecular complexity index is 569. The van der Waals surface area contributed by atoms with Crippen molar-refractivity contribution in [1.29, 1.82) is 0 Å². The molecule has 0 aromatic heterocycles. The molecule has 3 heteroatoms. The van der Waals surface area contributed by atoms with E-state index < -0.39 is 0 Å². The quantitative estimate of drug-likeness (QED) is 0.611. The van der Waals surface area contributed by atoms with Crippen LogP contribution in [0.1, 0.15) is 31.7 Å². The molecule has 0 bridgehead atoms. The topological polar surface area (TPSA) is 44.5 Å². The van der Waals surface area contributed by atoms with Crippen LogP contribution < -0.4 is 15.2 Å². The van der Waals surface area contributed by atoms with Crippen molar-refractivity contribution in [3.05, 3.63) is 54.1 Å². The summed E-state index contributed by atoms with van der Waals surface area (Å²) in [7, 11) is 0. The standard InChI is InChI=1S/C18H23NO2/c1-3-14(2)17-9-4-5-10-18(17)21-12-11-20-16-8-6-7-15(19)13-16/h4-10,13-14H,3,11-12,19H2,1-2H3. The van der Waals surface area contributed by atoms with Crippen molar-refractivity contribution in [3.8, 4) is 11.5 Å². The zero-order valence-corrected chi connectivity index (χ0v) is 12.7. The Kier molecular flexibility index (Phi) is 5.50. The monoisotopic (exact) mass is 285 g/mol. The smallest absolute Gasteiger partial charge is 0.122 e. The summed E-state index contributed by atoms with van der Waals surface area (Å²) in [6.45, 7) is 5.41. The summed E-state index contributed by atoms with van der Waals surface area (Å²) in [5.41, 5.74) is 7.67. The van der Waals surface area contributed by atoms with E-state index in [0.717, 1.165) is 17.9 Å². The maximum atomic E-state index is 5.86. The highest BCUT2D eigenvalue weighted by Gasteiger charge is 2.09. The average Bonchev–Trinajstić information content (AvgIpc) is 2.51. The van der Waals surface area contributed by atoms with Crippen molar-refractivity contribution in [1.82, 2.24) is 0 Å². The molecular weight excluding hydrogens is 262 g/mol. The molecule has 3 nitrogen and oxygen atoms in total. The Morgan fingerprint density at radius 2 is 1.76 bits per heavy atom. The largest absolute Gasteiger partial charge is 0.490 e. The number of anilines is 1. The third kappa shape index (κ3) is 4.42. The predicted molar refractivity (Wildman–Crippen MR) is 87.0 cm³/mol. The van der Waals surface area contributed by atoms with Gasteiger partial charge >= 0.3 is 0 Å². The van der Waals surface area contributed by atoms with Crippen LogP contribution in [0.5, 0.6) is 11.5 Å². The molecule has 21 heavy (non-hydrogen) atoms. The number of hydrogen-bond donors (Lipinski definition) is 1. The highest BCUT2D eigenvalue weighted by atomic mass is 16.5. The Hall–Kier alpha value is -2.16. The van der Waals surface area contributed by atoms with Crippen LogP contribution in [-0.4, -0.2) is 13.2 Å². The van der Waals surface area contributed by atoms with Crippen LogP contribution in [-0.2, 0) is 0 Å². The van der Waals surface area contributed by atoms with Gasteiger partial charge in [-0.25, -0.2) is 0 Å². The van der Waals surface area contributed by atoms with Gasteiger partial charge in [0, 0.05) is 11.8 Å². The Morgan fingerprint density at radius 1 is 1.00 bits per heavy atom. The summed E-state index contributed by atoms with van der Waals surface area (Å²) in [5, 5.41) is 0. The molecule has 1 unspecified atom stereocenters. The first kappa shape index (κ1) is 15.2. The second-order valence-electron chi connectivity index (χ2n) is 5.12. The fraction of sp³-hybridized carbons (Fsp3) is 0.333. The molecule has 0 saturated heterocycles. The Labute approximate surface area is 126 Å². The SMILES string of the molecule is CCC(C)c1ccccc1OCCOc1cccc(N)c1. The lowest BCUT2D eigenvalue weighted by molar-refractivity contribution is 0.215. The molecule has 0 heterocycles. The van der Waals surface area contributed by atoms with Crippen LogP contribution in [0.3, 0.4) is 0 Å². The molecule has 0 radical (unpaired) electrons. The highest BCUT2D eigenvalue weighted by Crippen LogP contribution is 2.28. The minimum Gasteiger partial charge on any atom is -0.490 e. The van der Waals surface area contributed by atoms with E-state index in [4.69, 9.17) is 15.2 Å². The molecule has 112 valence electrons. The van der Waals surface area contributed by atoms with E-state index in [2.05, 4.69) is 26.0 Å². The minimum atomic E-state index is 0.496. The second-order valence-corrected chi connectivity index (χ2v) is 5.12. The summed E-state index contributed by atoms with van der Waals surface area (Å²) in [4.78, 5) is 0. The first-order valence-corrected chi connectivity index (χ1v) is 7.40. The van der Waals surface area contributed by atoms with E-state index in [9.17, 15) is 0 Å². The summed E-state index contributed by atoms with van der Waals surface area (Å²) >= 11 is 0. The molecule has 0 aliphatic heterocycles. The van der Waals surface area contributed by atoms with E-state index in [-0.39, 0.29) is 0 Å². The number of benzene rings is 2. The van der Waals surface area contributed by atoms with Gasteiger partial charge < -0.3 is 15.2 Å². The van der Waals surface area contributed by atoms with E-state index in [1.165, 1.54) is 5.56 Å². The maximum absolute atomic E-state index is 5.86. The van der Waals surface area contributed by atoms with Gasteiger partial charge in [-0.3, -0.25) is 0 Å². The van der Waals surface area contributed by atoms with E-state index >= 15 is 0 Å². The van der Waals surface area contributed by atoms with E-state index in [1.54, 1.807) is 0 Å². The van der Waals surface area contributed by atoms with Gasteiger partial charge in [0.25, 0.3) is 0 Å². The van der Waals surface area contributed by atoms with Gasteiger partial charge in [0.05, 0.1) is 0 Å². The molecule has 1 atom stereocenters. The van der Waals surface area contributed by atoms with Crippen molar-refractivity contribution in [2.45, 2.75) is 26.2 Å². The summed E-state index contributed by atoms with van der Waals surface area (Å²) in [5.74, 6) is 2.22. The van der Waals surface area contributed by atoms with E-state index in [1.807, 2.05) is 36.4 Å². The van der Waals surface area contributed by atoms with Crippen LogP contribution in [0.4, 0.5) is 5.69 Å². The number of para-hydroxylation sites is 1. The fourth-order valence-electron chi connectivity index (χ4n) is 2.15. The van der Waals surface area contributed by atoms with Crippen LogP contribution in [0.15, 0.2) is 48.5 Å². The van der Waals surface area contributed by atoms with Gasteiger partial charge in [0.15, 0.2) is 0 Å². The van der Waals surface area contributed by atoms with Crippen LogP contribution in [0, 0.1) is 0 Å². The first-order valence-electron chi connectivity index (χ1n) is 7.40. The molecular formula is C18H23NO2. The molecule has 0 aliphatic carbocycles. The number of rotatable bonds is 7. The molecule has 0 spiro atoms. The zero-order chi connectivity index (χ0) is 15.1. The molecule has 0 fully saturated rings. The van der Waals surface area contributed by atoms with Crippen molar-refractivity contribution >= 4 is 5.69 Å². The number of hydrogen-bond acceptors (Lipinski definition) is 3. The fourth-order valence-corrected chi connectivity index (χ4v) is 2.15. The van der Waals surface area contributed by atoms with Crippen LogP contribution >= 0.6 is 0 Å². The lowest BCUT2D eigenvalue weighted by Gasteiger charge is -2.16. The minimum absolute atomic E-state index is 0.496. The molecule has 0 saturated carbocycles. The third-order valence-electron chi connectivity index (χ3n) is 3.53. The Balaban J connectivity index is 1.86. The predicted octanol–water partition coefficient (Wildman–Crippen LogP) is 4.24. The van der Waals surface area contributed by atoms with Gasteiger partial charge in [0.1, 0.15) is 24.7 Å². The molecule has 2 aromatic carbocycles. The van der Waals surface area contributed by atoms with Crippen molar-refractivity contribution in [2.24, 2.45) is 0 Å². The second kappa shape index (κ2) is 7.58. The maximum Gasteiger partial charge on any atom is 0.122 e. The van der Waals surface area contributed by atoms with Gasteiger partial charge in [0.2, 0.25) is 0 Å². The molecule has 2 rings (SSSR count). The van der Waals surface area contributed by atoms with Gasteiger partial charge in [-0.1, -0.05) is 38.1 Å². The zero-order valence-electron chi connectivity index (χ0n) is 12.7. The number of ether oxygens (including phenoxy) is 2. The van der Waals surface area contributed by atoms with Crippen molar-refractivity contribution < 1.29 is 9.47 Å². The van der Waals surface area contributed by atoms with Crippen LogP contribution in [0.2, 0.25) is 0 Å². The molecule has 0 aliphatic rings. The van der Waals surface area contributed by atoms with Crippen molar-refractivity contribution in [2.75, 3.05) is 18.9 Å². The van der Waals surface area contributed by atoms with Gasteiger partial charge in [-0.15, -0.1) is 0 Å². The lowest BCUT2D eigenvalue weighted by Crippen LogP contribution is -2.10. The highest BCUT2D eigenvalue weighted by molar-refractivity contribution is 5.43. The molecule has 2 N–H and O–H groups in total. The molecule has 0 amide bonds. The summed E-state index contributed by atoms with van der Waals surface area (Å²) in [6.07, 6.45) is 1.10. The van der Waals surface area contributed by atoms with E-state index in [0.29, 0.717) is 24.8 Å². The third-order valence-corrected chi connectivity index (χ3v) is 3.53. The normalized spacial score (nSPS) is 11.9. The van der Waals surface area contributed by atoms with Gasteiger partial charge in [-0.05, 0) is 36.1 Å². The van der Waals surface area contributed by atoms with Crippen LogP contribution in [0.25, 0.3) is 0 Å². The number of nitrogen functional groups attached to an aromatic ring is 1. The van der Waals surface area contributed by atoms with Gasteiger partial charge in [-0.2, -0.15) is 0 Å². The summed E-state index contributed by atoms with van der Waals surface area (Å²) < 4.78 is 11.5. The number of nitrogens with two attached hydrogens (primary N) is 1. The Morgan fingerprint density at radius 3 is 2.52 bits per heavy atom. The molecule has 2 aromatic rings. The lowest BCUT2D eigenvalue weighted by atomic mass is 9.98. The van der Waals surface area contributed by atoms with Crippen molar-refractivity contribution in [3.63, 3.8) is 0 Å². The first-order chi connectivity index (χ1) is 10.2.